The van der Waals surface area contributed by atoms with E-state index in [1.807, 2.05) is 30.3 Å². The molecule has 0 aliphatic rings. The first-order chi connectivity index (χ1) is 10.3. The molecule has 5 heteroatoms. The van der Waals surface area contributed by atoms with E-state index in [4.69, 9.17) is 9.47 Å². The van der Waals surface area contributed by atoms with Crippen LogP contribution < -0.4 is 10.1 Å². The maximum absolute atomic E-state index is 5.88. The minimum absolute atomic E-state index is 0.466. The lowest BCUT2D eigenvalue weighted by Gasteiger charge is -2.12. The number of rotatable bonds is 8. The van der Waals surface area contributed by atoms with Crippen LogP contribution in [-0.2, 0) is 17.9 Å². The summed E-state index contributed by atoms with van der Waals surface area (Å²) in [5.74, 6) is 0.869. The molecule has 0 aliphatic heterocycles. The van der Waals surface area contributed by atoms with Crippen molar-refractivity contribution in [2.75, 3.05) is 20.3 Å². The summed E-state index contributed by atoms with van der Waals surface area (Å²) in [6.07, 6.45) is 1.77. The number of nitrogens with one attached hydrogen (secondary N) is 1. The standard InChI is InChI=1S/C16H19BrN2O2/c1-20-9-8-18-11-13-10-14(17)5-6-16(13)21-12-15-4-2-3-7-19-15/h2-7,10,18H,8-9,11-12H2,1H3. The second kappa shape index (κ2) is 8.77. The van der Waals surface area contributed by atoms with Crippen LogP contribution in [0.4, 0.5) is 0 Å². The number of hydrogen-bond donors (Lipinski definition) is 1. The second-order valence-electron chi connectivity index (χ2n) is 4.53. The molecule has 21 heavy (non-hydrogen) atoms. The van der Waals surface area contributed by atoms with Crippen molar-refractivity contribution in [3.05, 3.63) is 58.3 Å². The van der Waals surface area contributed by atoms with Crippen LogP contribution in [0.1, 0.15) is 11.3 Å². The molecule has 4 nitrogen and oxygen atoms in total. The first kappa shape index (κ1) is 15.9. The zero-order valence-corrected chi connectivity index (χ0v) is 13.6. The van der Waals surface area contributed by atoms with Crippen LogP contribution in [0.5, 0.6) is 5.75 Å². The molecule has 0 saturated heterocycles. The van der Waals surface area contributed by atoms with Crippen molar-refractivity contribution in [3.8, 4) is 5.75 Å². The highest BCUT2D eigenvalue weighted by atomic mass is 79.9. The van der Waals surface area contributed by atoms with E-state index in [-0.39, 0.29) is 0 Å². The molecule has 0 fully saturated rings. The zero-order chi connectivity index (χ0) is 14.9. The average molecular weight is 351 g/mol. The lowest BCUT2D eigenvalue weighted by molar-refractivity contribution is 0.199. The van der Waals surface area contributed by atoms with Gasteiger partial charge in [-0.1, -0.05) is 22.0 Å². The third kappa shape index (κ3) is 5.46. The van der Waals surface area contributed by atoms with E-state index >= 15 is 0 Å². The molecule has 0 bridgehead atoms. The van der Waals surface area contributed by atoms with Gasteiger partial charge in [0.1, 0.15) is 12.4 Å². The van der Waals surface area contributed by atoms with E-state index in [0.717, 1.165) is 34.6 Å². The number of halogens is 1. The van der Waals surface area contributed by atoms with Crippen LogP contribution in [0.15, 0.2) is 47.1 Å². The molecule has 0 unspecified atom stereocenters. The molecule has 0 spiro atoms. The van der Waals surface area contributed by atoms with Gasteiger partial charge in [-0.15, -0.1) is 0 Å². The number of ether oxygens (including phenoxy) is 2. The Kier molecular flexibility index (Phi) is 6.66. The highest BCUT2D eigenvalue weighted by Gasteiger charge is 2.05. The molecule has 0 radical (unpaired) electrons. The molecule has 0 aliphatic carbocycles. The summed E-state index contributed by atoms with van der Waals surface area (Å²) in [4.78, 5) is 4.26. The quantitative estimate of drug-likeness (QED) is 0.742. The first-order valence-corrected chi connectivity index (χ1v) is 7.59. The highest BCUT2D eigenvalue weighted by Crippen LogP contribution is 2.24. The predicted molar refractivity (Wildman–Crippen MR) is 86.3 cm³/mol. The fraction of sp³-hybridized carbons (Fsp3) is 0.312. The Hall–Kier alpha value is -1.43. The second-order valence-corrected chi connectivity index (χ2v) is 5.45. The molecule has 112 valence electrons. The van der Waals surface area contributed by atoms with Crippen LogP contribution in [-0.4, -0.2) is 25.2 Å². The van der Waals surface area contributed by atoms with Gasteiger partial charge in [0, 0.05) is 36.4 Å². The third-order valence-corrected chi connectivity index (χ3v) is 3.42. The zero-order valence-electron chi connectivity index (χ0n) is 12.0. The molecule has 1 N–H and O–H groups in total. The molecule has 0 atom stereocenters. The Morgan fingerprint density at radius 2 is 2.14 bits per heavy atom. The largest absolute Gasteiger partial charge is 0.487 e. The van der Waals surface area contributed by atoms with Gasteiger partial charge in [0.15, 0.2) is 0 Å². The Labute approximate surface area is 133 Å². The van der Waals surface area contributed by atoms with Crippen molar-refractivity contribution in [1.82, 2.24) is 10.3 Å². The van der Waals surface area contributed by atoms with Crippen molar-refractivity contribution in [1.29, 1.82) is 0 Å². The first-order valence-electron chi connectivity index (χ1n) is 6.80. The summed E-state index contributed by atoms with van der Waals surface area (Å²) in [6, 6.07) is 11.8. The molecule has 1 aromatic carbocycles. The molecular formula is C16H19BrN2O2. The van der Waals surface area contributed by atoms with Gasteiger partial charge in [0.25, 0.3) is 0 Å². The smallest absolute Gasteiger partial charge is 0.130 e. The summed E-state index contributed by atoms with van der Waals surface area (Å²) in [5, 5.41) is 3.33. The maximum Gasteiger partial charge on any atom is 0.130 e. The highest BCUT2D eigenvalue weighted by molar-refractivity contribution is 9.10. The number of aromatic nitrogens is 1. The lowest BCUT2D eigenvalue weighted by atomic mass is 10.2. The van der Waals surface area contributed by atoms with Crippen LogP contribution in [0.25, 0.3) is 0 Å². The van der Waals surface area contributed by atoms with Gasteiger partial charge in [0.05, 0.1) is 12.3 Å². The summed E-state index contributed by atoms with van der Waals surface area (Å²) in [5.41, 5.74) is 2.02. The molecular weight excluding hydrogens is 332 g/mol. The maximum atomic E-state index is 5.88. The van der Waals surface area contributed by atoms with Gasteiger partial charge in [-0.2, -0.15) is 0 Å². The Morgan fingerprint density at radius 1 is 1.24 bits per heavy atom. The summed E-state index contributed by atoms with van der Waals surface area (Å²) < 4.78 is 11.9. The number of benzene rings is 1. The summed E-state index contributed by atoms with van der Waals surface area (Å²) in [6.45, 7) is 2.70. The van der Waals surface area contributed by atoms with Crippen LogP contribution >= 0.6 is 15.9 Å². The van der Waals surface area contributed by atoms with Gasteiger partial charge < -0.3 is 14.8 Å². The van der Waals surface area contributed by atoms with Crippen molar-refractivity contribution in [2.24, 2.45) is 0 Å². The molecule has 1 aromatic heterocycles. The summed E-state index contributed by atoms with van der Waals surface area (Å²) >= 11 is 3.49. The fourth-order valence-corrected chi connectivity index (χ4v) is 2.27. The normalized spacial score (nSPS) is 10.6. The molecule has 0 saturated carbocycles. The van der Waals surface area contributed by atoms with Gasteiger partial charge in [-0.3, -0.25) is 4.98 Å². The van der Waals surface area contributed by atoms with Gasteiger partial charge in [-0.25, -0.2) is 0 Å². The number of methoxy groups -OCH3 is 1. The van der Waals surface area contributed by atoms with Crippen LogP contribution in [0.2, 0.25) is 0 Å². The van der Waals surface area contributed by atoms with Crippen LogP contribution in [0.3, 0.4) is 0 Å². The summed E-state index contributed by atoms with van der Waals surface area (Å²) in [7, 11) is 1.70. The van der Waals surface area contributed by atoms with E-state index in [0.29, 0.717) is 13.2 Å². The molecule has 0 amide bonds. The SMILES string of the molecule is COCCNCc1cc(Br)ccc1OCc1ccccn1. The molecule has 2 rings (SSSR count). The average Bonchev–Trinajstić information content (AvgIpc) is 2.52. The van der Waals surface area contributed by atoms with Crippen molar-refractivity contribution in [3.63, 3.8) is 0 Å². The van der Waals surface area contributed by atoms with Crippen molar-refractivity contribution in [2.45, 2.75) is 13.2 Å². The van der Waals surface area contributed by atoms with Gasteiger partial charge >= 0.3 is 0 Å². The van der Waals surface area contributed by atoms with E-state index in [9.17, 15) is 0 Å². The topological polar surface area (TPSA) is 43.4 Å². The number of pyridine rings is 1. The van der Waals surface area contributed by atoms with Crippen molar-refractivity contribution < 1.29 is 9.47 Å². The lowest BCUT2D eigenvalue weighted by Crippen LogP contribution is -2.19. The van der Waals surface area contributed by atoms with E-state index in [1.54, 1.807) is 13.3 Å². The van der Waals surface area contributed by atoms with E-state index < -0.39 is 0 Å². The third-order valence-electron chi connectivity index (χ3n) is 2.92. The number of hydrogen-bond acceptors (Lipinski definition) is 4. The van der Waals surface area contributed by atoms with Crippen molar-refractivity contribution >= 4 is 15.9 Å². The van der Waals surface area contributed by atoms with Crippen LogP contribution in [0, 0.1) is 0 Å². The van der Waals surface area contributed by atoms with E-state index in [1.165, 1.54) is 0 Å². The van der Waals surface area contributed by atoms with E-state index in [2.05, 4.69) is 32.3 Å². The van der Waals surface area contributed by atoms with Gasteiger partial charge in [0.2, 0.25) is 0 Å². The predicted octanol–water partition coefficient (Wildman–Crippen LogP) is 3.16. The molecule has 1 heterocycles. The fourth-order valence-electron chi connectivity index (χ4n) is 1.86. The Bertz CT molecular complexity index is 549. The van der Waals surface area contributed by atoms with Gasteiger partial charge in [-0.05, 0) is 30.3 Å². The minimum atomic E-state index is 0.466. The molecule has 2 aromatic rings. The monoisotopic (exact) mass is 350 g/mol. The Balaban J connectivity index is 1.97. The Morgan fingerprint density at radius 3 is 2.90 bits per heavy atom. The number of nitrogens with zero attached hydrogens (tertiary/aromatic N) is 1. The minimum Gasteiger partial charge on any atom is -0.487 e.